The Labute approximate surface area is 213 Å². The fraction of sp³-hybridized carbons (Fsp3) is 0.345. The number of carbonyl (C=O) groups is 1. The van der Waals surface area contributed by atoms with Gasteiger partial charge in [0, 0.05) is 38.4 Å². The van der Waals surface area contributed by atoms with Crippen molar-refractivity contribution in [3.63, 3.8) is 0 Å². The van der Waals surface area contributed by atoms with Crippen LogP contribution in [0.4, 0.5) is 23.2 Å². The van der Waals surface area contributed by atoms with Gasteiger partial charge in [-0.2, -0.15) is 13.2 Å². The summed E-state index contributed by atoms with van der Waals surface area (Å²) >= 11 is 0. The highest BCUT2D eigenvalue weighted by Crippen LogP contribution is 2.40. The minimum absolute atomic E-state index is 0.141. The van der Waals surface area contributed by atoms with Crippen LogP contribution in [0.2, 0.25) is 0 Å². The van der Waals surface area contributed by atoms with Crippen LogP contribution in [0.15, 0.2) is 72.8 Å². The molecule has 0 spiro atoms. The predicted octanol–water partition coefficient (Wildman–Crippen LogP) is 5.07. The van der Waals surface area contributed by atoms with Crippen molar-refractivity contribution in [2.24, 2.45) is 5.92 Å². The number of anilines is 1. The van der Waals surface area contributed by atoms with E-state index in [0.29, 0.717) is 44.7 Å². The topological polar surface area (TPSA) is 35.6 Å². The molecule has 8 heteroatoms. The molecule has 0 radical (unpaired) electrons. The van der Waals surface area contributed by atoms with E-state index in [9.17, 15) is 22.4 Å². The SMILES string of the molecule is O=C(NCCc1ccccc1)[C@H]1Cc2cc(C(F)(F)F)ccc2N2CCN(Cc3ccc(F)cc3)C[C@H]12. The molecule has 3 aromatic rings. The number of fused-ring (bicyclic) bond motifs is 3. The van der Waals surface area contributed by atoms with Crippen molar-refractivity contribution in [2.45, 2.75) is 31.6 Å². The Morgan fingerprint density at radius 2 is 1.70 bits per heavy atom. The molecule has 194 valence electrons. The lowest BCUT2D eigenvalue weighted by atomic mass is 9.82. The summed E-state index contributed by atoms with van der Waals surface area (Å²) in [5.41, 5.74) is 2.72. The minimum atomic E-state index is -4.44. The first kappa shape index (κ1) is 25.3. The van der Waals surface area contributed by atoms with Gasteiger partial charge in [-0.05, 0) is 59.9 Å². The fourth-order valence-corrected chi connectivity index (χ4v) is 5.46. The average Bonchev–Trinajstić information content (AvgIpc) is 2.89. The maximum absolute atomic E-state index is 13.4. The van der Waals surface area contributed by atoms with E-state index in [1.54, 1.807) is 18.2 Å². The monoisotopic (exact) mass is 511 g/mol. The van der Waals surface area contributed by atoms with Crippen molar-refractivity contribution in [1.29, 1.82) is 0 Å². The van der Waals surface area contributed by atoms with E-state index in [-0.39, 0.29) is 24.2 Å². The largest absolute Gasteiger partial charge is 0.416 e. The molecule has 1 N–H and O–H groups in total. The van der Waals surface area contributed by atoms with E-state index in [0.717, 1.165) is 22.9 Å². The number of alkyl halides is 3. The van der Waals surface area contributed by atoms with Crippen LogP contribution in [0.1, 0.15) is 22.3 Å². The van der Waals surface area contributed by atoms with Crippen LogP contribution in [0, 0.1) is 11.7 Å². The van der Waals surface area contributed by atoms with Gasteiger partial charge in [0.15, 0.2) is 0 Å². The third-order valence-corrected chi connectivity index (χ3v) is 7.34. The normalized spacial score (nSPS) is 19.7. The Morgan fingerprint density at radius 3 is 2.43 bits per heavy atom. The van der Waals surface area contributed by atoms with Crippen LogP contribution in [-0.4, -0.2) is 43.0 Å². The van der Waals surface area contributed by atoms with Gasteiger partial charge in [0.25, 0.3) is 0 Å². The molecule has 0 aliphatic carbocycles. The standard InChI is InChI=1S/C29H29F4N3O/c30-24-9-6-21(7-10-24)18-35-14-15-36-26-11-8-23(29(31,32)33)16-22(26)17-25(27(36)19-35)28(37)34-13-12-20-4-2-1-3-5-20/h1-11,16,25,27H,12-15,17-19H2,(H,34,37)/t25-,27+/m0/s1. The van der Waals surface area contributed by atoms with Gasteiger partial charge >= 0.3 is 6.18 Å². The number of nitrogens with one attached hydrogen (secondary N) is 1. The molecule has 0 saturated carbocycles. The molecule has 2 heterocycles. The molecule has 1 amide bonds. The second kappa shape index (κ2) is 10.5. The first-order valence-electron chi connectivity index (χ1n) is 12.5. The highest BCUT2D eigenvalue weighted by atomic mass is 19.4. The molecule has 0 unspecified atom stereocenters. The van der Waals surface area contributed by atoms with Crippen LogP contribution in [0.3, 0.4) is 0 Å². The van der Waals surface area contributed by atoms with Crippen LogP contribution in [0.5, 0.6) is 0 Å². The van der Waals surface area contributed by atoms with Crippen molar-refractivity contribution in [3.8, 4) is 0 Å². The molecule has 2 aliphatic rings. The summed E-state index contributed by atoms with van der Waals surface area (Å²) in [7, 11) is 0. The van der Waals surface area contributed by atoms with Gasteiger partial charge in [0.1, 0.15) is 5.82 Å². The first-order chi connectivity index (χ1) is 17.8. The zero-order chi connectivity index (χ0) is 26.0. The number of rotatable bonds is 6. The summed E-state index contributed by atoms with van der Waals surface area (Å²) < 4.78 is 53.6. The first-order valence-corrected chi connectivity index (χ1v) is 12.5. The molecule has 37 heavy (non-hydrogen) atoms. The number of carbonyl (C=O) groups excluding carboxylic acids is 1. The number of amides is 1. The number of benzene rings is 3. The molecule has 4 nitrogen and oxygen atoms in total. The number of nitrogens with zero attached hydrogens (tertiary/aromatic N) is 2. The van der Waals surface area contributed by atoms with E-state index < -0.39 is 17.7 Å². The molecule has 1 fully saturated rings. The molecule has 5 rings (SSSR count). The van der Waals surface area contributed by atoms with E-state index in [2.05, 4.69) is 15.1 Å². The van der Waals surface area contributed by atoms with E-state index in [4.69, 9.17) is 0 Å². The Hall–Kier alpha value is -3.39. The second-order valence-corrected chi connectivity index (χ2v) is 9.80. The summed E-state index contributed by atoms with van der Waals surface area (Å²) in [5, 5.41) is 3.03. The Balaban J connectivity index is 1.36. The van der Waals surface area contributed by atoms with Crippen LogP contribution >= 0.6 is 0 Å². The van der Waals surface area contributed by atoms with Crippen LogP contribution < -0.4 is 10.2 Å². The number of hydrogen-bond donors (Lipinski definition) is 1. The highest BCUT2D eigenvalue weighted by Gasteiger charge is 2.42. The molecule has 2 atom stereocenters. The lowest BCUT2D eigenvalue weighted by molar-refractivity contribution is -0.137. The molecule has 2 aliphatic heterocycles. The van der Waals surface area contributed by atoms with Crippen molar-refractivity contribution in [2.75, 3.05) is 31.1 Å². The Bertz CT molecular complexity index is 1230. The van der Waals surface area contributed by atoms with Crippen molar-refractivity contribution in [3.05, 3.63) is 101 Å². The molecule has 0 aromatic heterocycles. The van der Waals surface area contributed by atoms with Crippen molar-refractivity contribution >= 4 is 11.6 Å². The summed E-state index contributed by atoms with van der Waals surface area (Å²) in [6.45, 7) is 2.96. The van der Waals surface area contributed by atoms with Gasteiger partial charge in [-0.3, -0.25) is 9.69 Å². The number of halogens is 4. The zero-order valence-corrected chi connectivity index (χ0v) is 20.3. The maximum atomic E-state index is 13.4. The average molecular weight is 512 g/mol. The van der Waals surface area contributed by atoms with Crippen molar-refractivity contribution < 1.29 is 22.4 Å². The quantitative estimate of drug-likeness (QED) is 0.470. The van der Waals surface area contributed by atoms with Crippen molar-refractivity contribution in [1.82, 2.24) is 10.2 Å². The van der Waals surface area contributed by atoms with Gasteiger partial charge in [-0.25, -0.2) is 4.39 Å². The van der Waals surface area contributed by atoms with Gasteiger partial charge in [-0.1, -0.05) is 42.5 Å². The summed E-state index contributed by atoms with van der Waals surface area (Å²) in [6.07, 6.45) is -3.51. The molecular weight excluding hydrogens is 482 g/mol. The maximum Gasteiger partial charge on any atom is 0.416 e. The minimum Gasteiger partial charge on any atom is -0.365 e. The van der Waals surface area contributed by atoms with Crippen LogP contribution in [-0.2, 0) is 30.4 Å². The van der Waals surface area contributed by atoms with Gasteiger partial charge in [0.2, 0.25) is 5.91 Å². The Kier molecular flexibility index (Phi) is 7.20. The van der Waals surface area contributed by atoms with E-state index >= 15 is 0 Å². The van der Waals surface area contributed by atoms with Gasteiger partial charge in [-0.15, -0.1) is 0 Å². The van der Waals surface area contributed by atoms with Gasteiger partial charge in [0.05, 0.1) is 17.5 Å². The summed E-state index contributed by atoms with van der Waals surface area (Å²) in [4.78, 5) is 17.7. The van der Waals surface area contributed by atoms with E-state index in [1.807, 2.05) is 30.3 Å². The number of piperazine rings is 1. The number of hydrogen-bond acceptors (Lipinski definition) is 3. The third-order valence-electron chi connectivity index (χ3n) is 7.34. The molecule has 0 bridgehead atoms. The lowest BCUT2D eigenvalue weighted by Gasteiger charge is -2.49. The molecular formula is C29H29F4N3O. The molecule has 3 aromatic carbocycles. The fourth-order valence-electron chi connectivity index (χ4n) is 5.46. The summed E-state index contributed by atoms with van der Waals surface area (Å²) in [5.74, 6) is -0.914. The Morgan fingerprint density at radius 1 is 0.946 bits per heavy atom. The summed E-state index contributed by atoms with van der Waals surface area (Å²) in [6, 6.07) is 19.9. The second-order valence-electron chi connectivity index (χ2n) is 9.80. The third kappa shape index (κ3) is 5.80. The predicted molar refractivity (Wildman–Crippen MR) is 135 cm³/mol. The van der Waals surface area contributed by atoms with E-state index in [1.165, 1.54) is 18.2 Å². The lowest BCUT2D eigenvalue weighted by Crippen LogP contribution is -2.61. The van der Waals surface area contributed by atoms with Crippen LogP contribution in [0.25, 0.3) is 0 Å². The highest BCUT2D eigenvalue weighted by molar-refractivity contribution is 5.82. The zero-order valence-electron chi connectivity index (χ0n) is 20.3. The molecule has 1 saturated heterocycles. The van der Waals surface area contributed by atoms with Gasteiger partial charge < -0.3 is 10.2 Å². The smallest absolute Gasteiger partial charge is 0.365 e.